The number of aromatic nitrogens is 3. The molecule has 0 radical (unpaired) electrons. The topological polar surface area (TPSA) is 101 Å². The number of fused-ring (bicyclic) bond motifs is 1. The van der Waals surface area contributed by atoms with E-state index in [1.165, 1.54) is 57.8 Å². The maximum Gasteiger partial charge on any atom is 0.134 e. The molecule has 1 atom stereocenters. The first kappa shape index (κ1) is 36.8. The third-order valence-electron chi connectivity index (χ3n) is 10.1. The van der Waals surface area contributed by atoms with Crippen molar-refractivity contribution in [2.24, 2.45) is 29.6 Å². The van der Waals surface area contributed by atoms with Gasteiger partial charge in [-0.3, -0.25) is 9.79 Å². The zero-order chi connectivity index (χ0) is 35.3. The molecular formula is C42H57N7O. The summed E-state index contributed by atoms with van der Waals surface area (Å²) >= 11 is 0. The number of carbonyl (C=O) groups excluding carboxylic acids is 1. The molecule has 0 spiro atoms. The summed E-state index contributed by atoms with van der Waals surface area (Å²) in [6.45, 7) is 10.8. The Hall–Kier alpha value is -4.46. The van der Waals surface area contributed by atoms with Gasteiger partial charge in [0.1, 0.15) is 23.3 Å². The molecule has 5 rings (SSSR count). The number of imidazole rings is 1. The highest BCUT2D eigenvalue weighted by Crippen LogP contribution is 2.31. The molecule has 3 N–H and O–H groups in total. The Morgan fingerprint density at radius 2 is 1.84 bits per heavy atom. The van der Waals surface area contributed by atoms with Gasteiger partial charge in [0.15, 0.2) is 0 Å². The summed E-state index contributed by atoms with van der Waals surface area (Å²) in [7, 11) is 2.04. The minimum absolute atomic E-state index is 0.309. The highest BCUT2D eigenvalue weighted by molar-refractivity contribution is 5.97. The van der Waals surface area contributed by atoms with E-state index in [9.17, 15) is 4.79 Å². The Kier molecular flexibility index (Phi) is 13.6. The van der Waals surface area contributed by atoms with Crippen molar-refractivity contribution >= 4 is 39.9 Å². The van der Waals surface area contributed by atoms with Gasteiger partial charge in [-0.15, -0.1) is 0 Å². The number of hydrogen-bond acceptors (Lipinski definition) is 6. The fourth-order valence-electron chi connectivity index (χ4n) is 7.22. The van der Waals surface area contributed by atoms with Crippen molar-refractivity contribution < 1.29 is 4.79 Å². The van der Waals surface area contributed by atoms with E-state index in [4.69, 9.17) is 10.7 Å². The van der Waals surface area contributed by atoms with Gasteiger partial charge < -0.3 is 20.5 Å². The van der Waals surface area contributed by atoms with Crippen molar-refractivity contribution in [1.29, 1.82) is 0 Å². The van der Waals surface area contributed by atoms with Gasteiger partial charge in [-0.1, -0.05) is 83.9 Å². The van der Waals surface area contributed by atoms with E-state index in [0.717, 1.165) is 64.1 Å². The molecule has 2 heterocycles. The van der Waals surface area contributed by atoms with Crippen LogP contribution in [0, 0.1) is 11.8 Å². The molecule has 0 saturated heterocycles. The number of unbranched alkanes of at least 4 members (excludes halogenated alkanes) is 3. The van der Waals surface area contributed by atoms with E-state index < -0.39 is 0 Å². The number of nitrogens with two attached hydrogens (primary N) is 1. The molecule has 1 fully saturated rings. The van der Waals surface area contributed by atoms with E-state index in [2.05, 4.69) is 63.4 Å². The van der Waals surface area contributed by atoms with Crippen LogP contribution < -0.4 is 16.0 Å². The lowest BCUT2D eigenvalue weighted by molar-refractivity contribution is -0.119. The van der Waals surface area contributed by atoms with Crippen molar-refractivity contribution in [2.75, 3.05) is 23.3 Å². The molecule has 2 aromatic carbocycles. The Morgan fingerprint density at radius 3 is 2.58 bits per heavy atom. The van der Waals surface area contributed by atoms with Crippen LogP contribution in [0.25, 0.3) is 16.7 Å². The molecule has 0 amide bonds. The average molecular weight is 676 g/mol. The van der Waals surface area contributed by atoms with Gasteiger partial charge in [-0.2, -0.15) is 0 Å². The van der Waals surface area contributed by atoms with Gasteiger partial charge in [-0.25, -0.2) is 9.97 Å². The van der Waals surface area contributed by atoms with Gasteiger partial charge in [0.05, 0.1) is 17.6 Å². The Morgan fingerprint density at radius 1 is 1.06 bits per heavy atom. The first-order valence-electron chi connectivity index (χ1n) is 18.8. The number of amidine groups is 1. The van der Waals surface area contributed by atoms with E-state index in [0.29, 0.717) is 43.5 Å². The summed E-state index contributed by atoms with van der Waals surface area (Å²) in [5.41, 5.74) is 11.9. The van der Waals surface area contributed by atoms with E-state index in [1.807, 2.05) is 49.5 Å². The Bertz CT molecular complexity index is 1700. The monoisotopic (exact) mass is 675 g/mol. The van der Waals surface area contributed by atoms with Crippen LogP contribution in [0.3, 0.4) is 0 Å². The van der Waals surface area contributed by atoms with Crippen LogP contribution in [0.1, 0.15) is 108 Å². The number of pyridine rings is 1. The minimum Gasteiger partial charge on any atom is -0.384 e. The first-order valence-corrected chi connectivity index (χ1v) is 18.8. The highest BCUT2D eigenvalue weighted by Gasteiger charge is 2.21. The van der Waals surface area contributed by atoms with Crippen LogP contribution in [-0.2, 0) is 18.4 Å². The Labute approximate surface area is 299 Å². The molecule has 266 valence electrons. The van der Waals surface area contributed by atoms with Crippen molar-refractivity contribution in [1.82, 2.24) is 14.5 Å². The molecule has 1 unspecified atom stereocenters. The summed E-state index contributed by atoms with van der Waals surface area (Å²) in [4.78, 5) is 29.4. The predicted molar refractivity (Wildman–Crippen MR) is 209 cm³/mol. The number of aliphatic imine (C=N–C) groups is 1. The molecular weight excluding hydrogens is 619 g/mol. The second-order valence-electron chi connectivity index (χ2n) is 14.2. The minimum atomic E-state index is 0.309. The van der Waals surface area contributed by atoms with Gasteiger partial charge in [0.25, 0.3) is 0 Å². The number of rotatable bonds is 19. The summed E-state index contributed by atoms with van der Waals surface area (Å²) in [6.07, 6.45) is 15.5. The number of anilines is 2. The second kappa shape index (κ2) is 18.5. The quantitative estimate of drug-likeness (QED) is 0.0584. The lowest BCUT2D eigenvalue weighted by atomic mass is 9.82. The number of nitrogens with zero attached hydrogens (tertiary/aromatic N) is 5. The number of nitrogens with one attached hydrogen (secondary N) is 1. The van der Waals surface area contributed by atoms with Crippen molar-refractivity contribution in [3.8, 4) is 0 Å². The molecule has 1 aliphatic rings. The van der Waals surface area contributed by atoms with Crippen LogP contribution in [-0.4, -0.2) is 39.2 Å². The fraction of sp³-hybridized carbons (Fsp3) is 0.476. The Balaban J connectivity index is 1.21. The third-order valence-corrected chi connectivity index (χ3v) is 10.1. The van der Waals surface area contributed by atoms with Crippen molar-refractivity contribution in [3.05, 3.63) is 90.4 Å². The number of aryl methyl sites for hydroxylation is 1. The molecule has 8 heteroatoms. The van der Waals surface area contributed by atoms with Crippen LogP contribution in [0.5, 0.6) is 0 Å². The number of Topliss-reactive ketones (excluding diaryl/α,β-unsaturated/α-hetero) is 1. The molecule has 8 nitrogen and oxygen atoms in total. The first-order chi connectivity index (χ1) is 24.3. The maximum absolute atomic E-state index is 13.2. The van der Waals surface area contributed by atoms with Gasteiger partial charge >= 0.3 is 0 Å². The molecule has 1 aliphatic carbocycles. The SMILES string of the molecule is C=C(c1ccc2c(c1)nc(CNc1ccc(C(N)=NCCCCCC)cc1)n2C)N(CCC(=O)CC(C)CC1CCCCC1)c1ccccn1. The molecule has 2 aromatic heterocycles. The summed E-state index contributed by atoms with van der Waals surface area (Å²) < 4.78 is 2.12. The lowest BCUT2D eigenvalue weighted by Crippen LogP contribution is -2.25. The predicted octanol–water partition coefficient (Wildman–Crippen LogP) is 9.30. The molecule has 1 saturated carbocycles. The molecule has 4 aromatic rings. The third kappa shape index (κ3) is 10.3. The molecule has 0 bridgehead atoms. The average Bonchev–Trinajstić information content (AvgIpc) is 3.45. The van der Waals surface area contributed by atoms with E-state index in [-0.39, 0.29) is 0 Å². The highest BCUT2D eigenvalue weighted by atomic mass is 16.1. The summed E-state index contributed by atoms with van der Waals surface area (Å²) in [5, 5.41) is 3.51. The summed E-state index contributed by atoms with van der Waals surface area (Å²) in [5.74, 6) is 3.83. The van der Waals surface area contributed by atoms with Crippen molar-refractivity contribution in [3.63, 3.8) is 0 Å². The van der Waals surface area contributed by atoms with Gasteiger partial charge in [0, 0.05) is 56.1 Å². The van der Waals surface area contributed by atoms with Crippen LogP contribution in [0.4, 0.5) is 11.5 Å². The lowest BCUT2D eigenvalue weighted by Gasteiger charge is -2.27. The number of benzene rings is 2. The van der Waals surface area contributed by atoms with E-state index in [1.54, 1.807) is 6.20 Å². The van der Waals surface area contributed by atoms with E-state index >= 15 is 0 Å². The fourth-order valence-corrected chi connectivity index (χ4v) is 7.22. The zero-order valence-corrected chi connectivity index (χ0v) is 30.5. The van der Waals surface area contributed by atoms with Crippen molar-refractivity contribution in [2.45, 2.75) is 97.4 Å². The molecule has 50 heavy (non-hydrogen) atoms. The second-order valence-corrected chi connectivity index (χ2v) is 14.2. The zero-order valence-electron chi connectivity index (χ0n) is 30.5. The number of ketones is 1. The van der Waals surface area contributed by atoms with Gasteiger partial charge in [-0.05, 0) is 78.8 Å². The molecule has 0 aliphatic heterocycles. The smallest absolute Gasteiger partial charge is 0.134 e. The number of hydrogen-bond donors (Lipinski definition) is 2. The van der Waals surface area contributed by atoms with Gasteiger partial charge in [0.2, 0.25) is 0 Å². The normalized spacial score (nSPS) is 14.5. The summed E-state index contributed by atoms with van der Waals surface area (Å²) in [6, 6.07) is 20.2. The van der Waals surface area contributed by atoms with Crippen LogP contribution >= 0.6 is 0 Å². The maximum atomic E-state index is 13.2. The van der Waals surface area contributed by atoms with Crippen LogP contribution in [0.2, 0.25) is 0 Å². The standard InChI is InChI=1S/C42H57N7O/c1-5-6-7-12-25-45-42(43)34-17-20-36(21-18-34)46-30-41-47-38-29-35(19-22-39(38)48(41)4)32(3)49(40-16-11-13-24-44-40)26-23-37(50)28-31(2)27-33-14-9-8-10-15-33/h11,13,16-22,24,29,31,33,46H,3,5-10,12,14-15,23,25-28,30H2,1-2,4H3,(H2,43,45). The number of carbonyl (C=O) groups is 1. The largest absolute Gasteiger partial charge is 0.384 e. The van der Waals surface area contributed by atoms with Crippen LogP contribution in [0.15, 0.2) is 78.4 Å².